The van der Waals surface area contributed by atoms with Crippen LogP contribution in [0.1, 0.15) is 20.8 Å². The molecule has 2 aromatic heterocycles. The molecule has 1 aliphatic heterocycles. The lowest BCUT2D eigenvalue weighted by molar-refractivity contribution is 0.0636. The van der Waals surface area contributed by atoms with Gasteiger partial charge in [-0.2, -0.15) is 0 Å². The van der Waals surface area contributed by atoms with Gasteiger partial charge in [0.15, 0.2) is 10.9 Å². The minimum atomic E-state index is -1.63. The third-order valence-corrected chi connectivity index (χ3v) is 8.18. The number of amides is 2. The molecule has 216 valence electrons. The van der Waals surface area contributed by atoms with Gasteiger partial charge >= 0.3 is 12.2 Å². The summed E-state index contributed by atoms with van der Waals surface area (Å²) in [6.45, 7) is 6.31. The van der Waals surface area contributed by atoms with Crippen LogP contribution in [0, 0.1) is 5.82 Å². The quantitative estimate of drug-likeness (QED) is 0.280. The van der Waals surface area contributed by atoms with Crippen LogP contribution in [0.2, 0.25) is 5.02 Å². The van der Waals surface area contributed by atoms with Crippen molar-refractivity contribution in [2.45, 2.75) is 31.5 Å². The summed E-state index contributed by atoms with van der Waals surface area (Å²) < 4.78 is 34.8. The summed E-state index contributed by atoms with van der Waals surface area (Å²) >= 11 is 7.91. The Bertz CT molecular complexity index is 1720. The second kappa shape index (κ2) is 11.0. The Morgan fingerprint density at radius 3 is 2.49 bits per heavy atom. The molecule has 1 unspecified atom stereocenters. The first-order valence-corrected chi connectivity index (χ1v) is 15.2. The van der Waals surface area contributed by atoms with Crippen molar-refractivity contribution >= 4 is 78.0 Å². The second-order valence-electron chi connectivity index (χ2n) is 10.3. The van der Waals surface area contributed by atoms with Crippen molar-refractivity contribution in [3.63, 3.8) is 0 Å². The fourth-order valence-corrected chi connectivity index (χ4v) is 6.09. The predicted molar refractivity (Wildman–Crippen MR) is 157 cm³/mol. The minimum absolute atomic E-state index is 0.0482. The Morgan fingerprint density at radius 1 is 1.15 bits per heavy atom. The van der Waals surface area contributed by atoms with Gasteiger partial charge in [0, 0.05) is 48.9 Å². The number of para-hydroxylation sites is 1. The molecule has 41 heavy (non-hydrogen) atoms. The first-order chi connectivity index (χ1) is 19.3. The molecule has 1 atom stereocenters. The number of benzene rings is 2. The van der Waals surface area contributed by atoms with Crippen molar-refractivity contribution in [2.24, 2.45) is 0 Å². The summed E-state index contributed by atoms with van der Waals surface area (Å²) in [4.78, 5) is 40.0. The van der Waals surface area contributed by atoms with Gasteiger partial charge in [0.1, 0.15) is 16.9 Å². The van der Waals surface area contributed by atoms with Crippen molar-refractivity contribution in [3.8, 4) is 11.1 Å². The zero-order valence-electron chi connectivity index (χ0n) is 22.5. The van der Waals surface area contributed by atoms with E-state index in [1.165, 1.54) is 22.5 Å². The molecular formula is C26H26ClFN6O5S2. The highest BCUT2D eigenvalue weighted by Gasteiger charge is 2.27. The molecule has 1 saturated heterocycles. The highest BCUT2D eigenvalue weighted by molar-refractivity contribution is 7.84. The zero-order chi connectivity index (χ0) is 29.6. The normalized spacial score (nSPS) is 14.9. The number of nitrogens with one attached hydrogen (secondary N) is 1. The highest BCUT2D eigenvalue weighted by Crippen LogP contribution is 2.42. The Morgan fingerprint density at radius 2 is 1.85 bits per heavy atom. The van der Waals surface area contributed by atoms with E-state index in [1.54, 1.807) is 45.0 Å². The molecule has 0 aliphatic carbocycles. The third kappa shape index (κ3) is 5.90. The van der Waals surface area contributed by atoms with Crippen LogP contribution in [-0.4, -0.2) is 79.4 Å². The van der Waals surface area contributed by atoms with E-state index in [4.69, 9.17) is 16.3 Å². The van der Waals surface area contributed by atoms with Crippen LogP contribution < -0.4 is 10.2 Å². The number of aromatic nitrogens is 3. The van der Waals surface area contributed by atoms with Crippen LogP contribution in [0.5, 0.6) is 0 Å². The van der Waals surface area contributed by atoms with Gasteiger partial charge in [0.2, 0.25) is 5.16 Å². The van der Waals surface area contributed by atoms with E-state index >= 15 is 4.39 Å². The van der Waals surface area contributed by atoms with Crippen molar-refractivity contribution < 1.29 is 28.0 Å². The molecule has 2 N–H and O–H groups in total. The fraction of sp³-hybridized carbons (Fsp3) is 0.346. The average Bonchev–Trinajstić information content (AvgIpc) is 3.30. The van der Waals surface area contributed by atoms with Crippen LogP contribution in [0.4, 0.5) is 24.9 Å². The van der Waals surface area contributed by atoms with E-state index in [9.17, 15) is 18.9 Å². The number of fused-ring (bicyclic) bond motifs is 2. The highest BCUT2D eigenvalue weighted by atomic mass is 35.5. The van der Waals surface area contributed by atoms with E-state index in [2.05, 4.69) is 20.3 Å². The van der Waals surface area contributed by atoms with Crippen molar-refractivity contribution in [2.75, 3.05) is 42.7 Å². The maximum absolute atomic E-state index is 16.4. The molecule has 0 saturated carbocycles. The van der Waals surface area contributed by atoms with E-state index in [0.717, 1.165) is 0 Å². The topological polar surface area (TPSA) is 138 Å². The molecule has 2 amide bonds. The summed E-state index contributed by atoms with van der Waals surface area (Å²) in [5.74, 6) is -0.414. The van der Waals surface area contributed by atoms with Crippen molar-refractivity contribution in [1.82, 2.24) is 19.9 Å². The molecule has 0 radical (unpaired) electrons. The smallest absolute Gasteiger partial charge is 0.413 e. The molecule has 0 bridgehead atoms. The van der Waals surface area contributed by atoms with Gasteiger partial charge in [-0.15, -0.1) is 0 Å². The first-order valence-electron chi connectivity index (χ1n) is 12.5. The van der Waals surface area contributed by atoms with Gasteiger partial charge in [-0.3, -0.25) is 9.53 Å². The van der Waals surface area contributed by atoms with E-state index in [0.29, 0.717) is 40.1 Å². The monoisotopic (exact) mass is 620 g/mol. The van der Waals surface area contributed by atoms with Crippen LogP contribution >= 0.6 is 22.9 Å². The Labute approximate surface area is 245 Å². The second-order valence-corrected chi connectivity index (χ2v) is 13.0. The maximum atomic E-state index is 16.4. The fourth-order valence-electron chi connectivity index (χ4n) is 4.48. The van der Waals surface area contributed by atoms with Gasteiger partial charge < -0.3 is 19.6 Å². The molecule has 0 spiro atoms. The largest absolute Gasteiger partial charge is 0.465 e. The Kier molecular flexibility index (Phi) is 7.74. The van der Waals surface area contributed by atoms with Crippen molar-refractivity contribution in [3.05, 3.63) is 35.1 Å². The third-order valence-electron chi connectivity index (χ3n) is 6.25. The maximum Gasteiger partial charge on any atom is 0.413 e. The molecule has 2 aromatic carbocycles. The molecular weight excluding hydrogens is 595 g/mol. The number of ether oxygens (including phenoxy) is 1. The molecule has 4 aromatic rings. The summed E-state index contributed by atoms with van der Waals surface area (Å²) in [6, 6.07) is 6.75. The molecule has 11 nitrogen and oxygen atoms in total. The number of halogens is 2. The van der Waals surface area contributed by atoms with E-state index < -0.39 is 34.4 Å². The predicted octanol–water partition coefficient (Wildman–Crippen LogP) is 5.58. The van der Waals surface area contributed by atoms with Gasteiger partial charge in [0.25, 0.3) is 0 Å². The number of carboxylic acid groups (broad SMARTS) is 1. The van der Waals surface area contributed by atoms with Gasteiger partial charge in [0.05, 0.1) is 26.0 Å². The number of rotatable bonds is 4. The lowest BCUT2D eigenvalue weighted by atomic mass is 10.0. The standard InChI is InChI=1S/C26H26ClFN6O5S2/c1-26(2,3)39-24(35)32-22-29-19-13(6-5-7-16(19)40-22)17-15(27)12-14-20(18(17)28)30-23(41(4)38)31-21(14)33-8-10-34(11-9-33)25(36)37/h5-7,12H,8-11H2,1-4H3,(H,36,37)(H,29,32,35). The lowest BCUT2D eigenvalue weighted by Gasteiger charge is -2.34. The van der Waals surface area contributed by atoms with Crippen LogP contribution in [0.15, 0.2) is 29.4 Å². The SMILES string of the molecule is CS(=O)c1nc(N2CCN(C(=O)O)CC2)c2cc(Cl)c(-c3cccc4sc(NC(=O)OC(C)(C)C)nc34)c(F)c2n1. The molecule has 1 aliphatic rings. The number of carbonyl (C=O) groups is 2. The number of carbonyl (C=O) groups excluding carboxylic acids is 1. The van der Waals surface area contributed by atoms with E-state index in [-0.39, 0.29) is 39.5 Å². The van der Waals surface area contributed by atoms with Crippen LogP contribution in [0.25, 0.3) is 32.2 Å². The average molecular weight is 621 g/mol. The Hall–Kier alpha value is -3.62. The summed E-state index contributed by atoms with van der Waals surface area (Å²) in [7, 11) is -1.63. The zero-order valence-corrected chi connectivity index (χ0v) is 24.9. The van der Waals surface area contributed by atoms with E-state index in [1.807, 2.05) is 4.90 Å². The van der Waals surface area contributed by atoms with Gasteiger partial charge in [-0.25, -0.2) is 28.9 Å². The molecule has 3 heterocycles. The first kappa shape index (κ1) is 28.9. The summed E-state index contributed by atoms with van der Waals surface area (Å²) in [6.07, 6.45) is -0.287. The molecule has 1 fully saturated rings. The molecule has 15 heteroatoms. The number of anilines is 2. The lowest BCUT2D eigenvalue weighted by Crippen LogP contribution is -2.48. The Balaban J connectivity index is 1.61. The van der Waals surface area contributed by atoms with Crippen LogP contribution in [-0.2, 0) is 15.5 Å². The van der Waals surface area contributed by atoms with Crippen LogP contribution in [0.3, 0.4) is 0 Å². The summed E-state index contributed by atoms with van der Waals surface area (Å²) in [5, 5.41) is 12.5. The molecule has 5 rings (SSSR count). The minimum Gasteiger partial charge on any atom is -0.465 e. The number of piperazine rings is 1. The number of nitrogens with zero attached hydrogens (tertiary/aromatic N) is 5. The van der Waals surface area contributed by atoms with Crippen molar-refractivity contribution in [1.29, 1.82) is 0 Å². The number of hydrogen-bond donors (Lipinski definition) is 2. The number of hydrogen-bond acceptors (Lipinski definition) is 9. The summed E-state index contributed by atoms with van der Waals surface area (Å²) in [5.41, 5.74) is 0.0858. The number of thiazole rings is 1. The van der Waals surface area contributed by atoms with Gasteiger partial charge in [-0.05, 0) is 32.9 Å². The van der Waals surface area contributed by atoms with Gasteiger partial charge in [-0.1, -0.05) is 35.1 Å².